The van der Waals surface area contributed by atoms with Gasteiger partial charge in [0.1, 0.15) is 54.9 Å². The summed E-state index contributed by atoms with van der Waals surface area (Å²) in [6.07, 6.45) is 24.4. The number of carbonyl (C=O) groups is 1. The van der Waals surface area contributed by atoms with Crippen LogP contribution >= 0.6 is 0 Å². The molecule has 0 aromatic carbocycles. The largest absolute Gasteiger partial charge is 0.457 e. The SMILES string of the molecule is CC/C=C\C/C=C\C/C=C\C/C=C\C/C=C\CCCC(=O)OC(COCCCCCCCCCCCCC)COC1OC(COC2OC(CO)C(O)C(O)C2O)C(O)C(O)C1O. The molecule has 0 bridgehead atoms. The van der Waals surface area contributed by atoms with E-state index in [2.05, 4.69) is 68.5 Å². The number of unbranched alkanes of at least 4 members (excludes halogenated alkanes) is 11. The van der Waals surface area contributed by atoms with E-state index in [1.54, 1.807) is 0 Å². The summed E-state index contributed by atoms with van der Waals surface area (Å²) >= 11 is 0. The van der Waals surface area contributed by atoms with Gasteiger partial charge in [0.25, 0.3) is 0 Å². The van der Waals surface area contributed by atoms with Crippen molar-refractivity contribution in [2.45, 2.75) is 203 Å². The smallest absolute Gasteiger partial charge is 0.306 e. The van der Waals surface area contributed by atoms with Gasteiger partial charge in [0.05, 0.1) is 26.4 Å². The van der Waals surface area contributed by atoms with E-state index in [9.17, 15) is 40.5 Å². The van der Waals surface area contributed by atoms with Crippen molar-refractivity contribution in [2.24, 2.45) is 0 Å². The summed E-state index contributed by atoms with van der Waals surface area (Å²) in [4.78, 5) is 12.9. The van der Waals surface area contributed by atoms with Gasteiger partial charge >= 0.3 is 5.97 Å². The fourth-order valence-electron chi connectivity index (χ4n) is 6.97. The van der Waals surface area contributed by atoms with E-state index in [1.807, 2.05) is 6.08 Å². The average Bonchev–Trinajstić information content (AvgIpc) is 3.27. The Morgan fingerprint density at radius 1 is 0.548 bits per heavy atom. The Bertz CT molecular complexity index is 1250. The zero-order chi connectivity index (χ0) is 45.2. The Morgan fingerprint density at radius 2 is 1.03 bits per heavy atom. The molecule has 2 rings (SSSR count). The number of allylic oxidation sites excluding steroid dienone is 10. The van der Waals surface area contributed by atoms with Crippen molar-refractivity contribution in [3.63, 3.8) is 0 Å². The number of aliphatic hydroxyl groups is 7. The molecule has 0 aromatic rings. The van der Waals surface area contributed by atoms with Crippen LogP contribution in [0.25, 0.3) is 0 Å². The molecule has 2 aliphatic heterocycles. The summed E-state index contributed by atoms with van der Waals surface area (Å²) in [5, 5.41) is 71.9. The fourth-order valence-corrected chi connectivity index (χ4v) is 6.97. The Kier molecular flexibility index (Phi) is 32.4. The van der Waals surface area contributed by atoms with E-state index < -0.39 is 86.7 Å². The molecule has 14 nitrogen and oxygen atoms in total. The van der Waals surface area contributed by atoms with Gasteiger partial charge in [0.2, 0.25) is 0 Å². The first-order chi connectivity index (χ1) is 30.1. The minimum atomic E-state index is -1.72. The van der Waals surface area contributed by atoms with E-state index >= 15 is 0 Å². The van der Waals surface area contributed by atoms with Crippen LogP contribution in [0.2, 0.25) is 0 Å². The minimum absolute atomic E-state index is 0.0376. The van der Waals surface area contributed by atoms with Crippen LogP contribution in [-0.4, -0.2) is 142 Å². The summed E-state index contributed by atoms with van der Waals surface area (Å²) in [5.41, 5.74) is 0. The Labute approximate surface area is 371 Å². The number of hydrogen-bond acceptors (Lipinski definition) is 14. The molecule has 0 amide bonds. The van der Waals surface area contributed by atoms with Crippen molar-refractivity contribution in [1.29, 1.82) is 0 Å². The van der Waals surface area contributed by atoms with Crippen LogP contribution in [0.1, 0.15) is 136 Å². The monoisotopic (exact) mass is 883 g/mol. The maximum absolute atomic E-state index is 12.9. The third kappa shape index (κ3) is 24.1. The van der Waals surface area contributed by atoms with Gasteiger partial charge in [-0.1, -0.05) is 139 Å². The molecular weight excluding hydrogens is 801 g/mol. The van der Waals surface area contributed by atoms with Crippen LogP contribution in [0.5, 0.6) is 0 Å². The van der Waals surface area contributed by atoms with Gasteiger partial charge in [0.15, 0.2) is 12.6 Å². The van der Waals surface area contributed by atoms with Crippen molar-refractivity contribution < 1.29 is 69.0 Å². The van der Waals surface area contributed by atoms with Crippen molar-refractivity contribution in [3.05, 3.63) is 60.8 Å². The lowest BCUT2D eigenvalue weighted by Gasteiger charge is -2.42. The first-order valence-corrected chi connectivity index (χ1v) is 23.4. The lowest BCUT2D eigenvalue weighted by Crippen LogP contribution is -2.61. The van der Waals surface area contributed by atoms with E-state index in [-0.39, 0.29) is 19.6 Å². The molecule has 0 spiro atoms. The number of carbonyl (C=O) groups excluding carboxylic acids is 1. The number of ether oxygens (including phenoxy) is 6. The zero-order valence-electron chi connectivity index (χ0n) is 37.6. The van der Waals surface area contributed by atoms with Crippen LogP contribution in [0.15, 0.2) is 60.8 Å². The van der Waals surface area contributed by atoms with Gasteiger partial charge in [-0.25, -0.2) is 0 Å². The molecular formula is C48H82O14. The maximum atomic E-state index is 12.9. The van der Waals surface area contributed by atoms with E-state index in [4.69, 9.17) is 28.4 Å². The third-order valence-corrected chi connectivity index (χ3v) is 10.8. The van der Waals surface area contributed by atoms with Crippen LogP contribution < -0.4 is 0 Å². The molecule has 11 atom stereocenters. The second-order valence-corrected chi connectivity index (χ2v) is 16.2. The van der Waals surface area contributed by atoms with Gasteiger partial charge in [0, 0.05) is 13.0 Å². The van der Waals surface area contributed by atoms with Gasteiger partial charge in [-0.05, 0) is 51.4 Å². The second kappa shape index (κ2) is 36.0. The molecule has 14 heteroatoms. The Balaban J connectivity index is 1.83. The predicted molar refractivity (Wildman–Crippen MR) is 238 cm³/mol. The van der Waals surface area contributed by atoms with Gasteiger partial charge in [-0.15, -0.1) is 0 Å². The summed E-state index contributed by atoms with van der Waals surface area (Å²) in [6.45, 7) is 3.47. The van der Waals surface area contributed by atoms with Gasteiger partial charge < -0.3 is 64.2 Å². The number of rotatable bonds is 35. The molecule has 358 valence electrons. The van der Waals surface area contributed by atoms with E-state index in [0.717, 1.165) is 51.4 Å². The molecule has 0 aliphatic carbocycles. The molecule has 0 radical (unpaired) electrons. The molecule has 11 unspecified atom stereocenters. The second-order valence-electron chi connectivity index (χ2n) is 16.2. The normalized spacial score (nSPS) is 27.8. The highest BCUT2D eigenvalue weighted by Crippen LogP contribution is 2.26. The highest BCUT2D eigenvalue weighted by molar-refractivity contribution is 5.69. The lowest BCUT2D eigenvalue weighted by molar-refractivity contribution is -0.332. The molecule has 0 saturated carbocycles. The van der Waals surface area contributed by atoms with Crippen LogP contribution in [0.4, 0.5) is 0 Å². The lowest BCUT2D eigenvalue weighted by atomic mass is 9.98. The first kappa shape index (κ1) is 55.8. The molecule has 0 aromatic heterocycles. The molecule has 2 aliphatic rings. The summed E-state index contributed by atoms with van der Waals surface area (Å²) in [5.74, 6) is -0.435. The standard InChI is InChI=1S/C48H82O14/c1-3-5-7-9-11-13-15-16-17-18-19-20-21-23-25-27-29-31-40(50)60-37(34-57-32-30-28-26-24-22-14-12-10-8-6-4-2)35-58-47-46(56)44(54)42(52)39(62-47)36-59-48-45(55)43(53)41(51)38(33-49)61-48/h5,7,11,13,16-17,19-20,23,25,37-39,41-49,51-56H,3-4,6,8-10,12,14-15,18,21-22,24,26-36H2,1-2H3/b7-5-,13-11-,17-16-,20-19-,25-23-. The number of aliphatic hydroxyl groups excluding tert-OH is 7. The molecule has 2 saturated heterocycles. The van der Waals surface area contributed by atoms with Gasteiger partial charge in [-0.2, -0.15) is 0 Å². The Hall–Kier alpha value is -2.31. The first-order valence-electron chi connectivity index (χ1n) is 23.4. The average molecular weight is 883 g/mol. The molecule has 2 heterocycles. The number of hydrogen-bond donors (Lipinski definition) is 7. The van der Waals surface area contributed by atoms with Crippen molar-refractivity contribution >= 4 is 5.97 Å². The topological polar surface area (TPSA) is 214 Å². The molecule has 7 N–H and O–H groups in total. The van der Waals surface area contributed by atoms with Gasteiger partial charge in [-0.3, -0.25) is 4.79 Å². The van der Waals surface area contributed by atoms with Crippen molar-refractivity contribution in [2.75, 3.05) is 33.0 Å². The van der Waals surface area contributed by atoms with Crippen LogP contribution in [0.3, 0.4) is 0 Å². The van der Waals surface area contributed by atoms with Crippen LogP contribution in [-0.2, 0) is 33.2 Å². The summed E-state index contributed by atoms with van der Waals surface area (Å²) in [6, 6.07) is 0. The fraction of sp³-hybridized carbons (Fsp3) is 0.771. The minimum Gasteiger partial charge on any atom is -0.457 e. The maximum Gasteiger partial charge on any atom is 0.306 e. The van der Waals surface area contributed by atoms with Crippen LogP contribution in [0, 0.1) is 0 Å². The van der Waals surface area contributed by atoms with Crippen molar-refractivity contribution in [3.8, 4) is 0 Å². The zero-order valence-corrected chi connectivity index (χ0v) is 37.6. The number of esters is 1. The Morgan fingerprint density at radius 3 is 1.58 bits per heavy atom. The quantitative estimate of drug-likeness (QED) is 0.0228. The highest BCUT2D eigenvalue weighted by Gasteiger charge is 2.47. The third-order valence-electron chi connectivity index (χ3n) is 10.8. The highest BCUT2D eigenvalue weighted by atomic mass is 16.7. The molecule has 2 fully saturated rings. The molecule has 62 heavy (non-hydrogen) atoms. The summed E-state index contributed by atoms with van der Waals surface area (Å²) in [7, 11) is 0. The predicted octanol–water partition coefficient (Wildman–Crippen LogP) is 5.79. The van der Waals surface area contributed by atoms with E-state index in [1.165, 1.54) is 51.4 Å². The van der Waals surface area contributed by atoms with Crippen molar-refractivity contribution in [1.82, 2.24) is 0 Å². The van der Waals surface area contributed by atoms with E-state index in [0.29, 0.717) is 19.4 Å². The summed E-state index contributed by atoms with van der Waals surface area (Å²) < 4.78 is 34.1.